The lowest BCUT2D eigenvalue weighted by Crippen LogP contribution is -2.43. The Morgan fingerprint density at radius 1 is 1.47 bits per heavy atom. The van der Waals surface area contributed by atoms with Gasteiger partial charge in [-0.3, -0.25) is 0 Å². The molecule has 0 amide bonds. The summed E-state index contributed by atoms with van der Waals surface area (Å²) in [7, 11) is 0. The quantitative estimate of drug-likeness (QED) is 0.174. The Labute approximate surface area is 100 Å². The fourth-order valence-corrected chi connectivity index (χ4v) is 0.856. The highest BCUT2D eigenvalue weighted by molar-refractivity contribution is 5.79. The minimum absolute atomic E-state index is 0.307. The summed E-state index contributed by atoms with van der Waals surface area (Å²) in [5.74, 6) is -0.631. The molecule has 0 bridgehead atoms. The first-order valence-corrected chi connectivity index (χ1v) is 5.34. The molecule has 100 valence electrons. The van der Waals surface area contributed by atoms with Gasteiger partial charge in [-0.05, 0) is 27.7 Å². The molecule has 0 saturated heterocycles. The van der Waals surface area contributed by atoms with Gasteiger partial charge in [0.2, 0.25) is 5.28 Å². The molecule has 0 fully saturated rings. The van der Waals surface area contributed by atoms with Crippen LogP contribution in [-0.2, 0) is 14.4 Å². The smallest absolute Gasteiger partial charge is 0.328 e. The van der Waals surface area contributed by atoms with Crippen LogP contribution in [0, 0.1) is 5.21 Å². The summed E-state index contributed by atoms with van der Waals surface area (Å²) in [6.45, 7) is 7.18. The summed E-state index contributed by atoms with van der Waals surface area (Å²) in [5.41, 5.74) is 4.37. The second-order valence-electron chi connectivity index (χ2n) is 3.87. The summed E-state index contributed by atoms with van der Waals surface area (Å²) >= 11 is 0. The number of rotatable bonds is 7. The molecule has 0 aliphatic heterocycles. The van der Waals surface area contributed by atoms with Crippen LogP contribution in [0.3, 0.4) is 0 Å². The van der Waals surface area contributed by atoms with Crippen molar-refractivity contribution >= 4 is 5.97 Å². The van der Waals surface area contributed by atoms with Gasteiger partial charge in [0, 0.05) is 0 Å². The highest BCUT2D eigenvalue weighted by Crippen LogP contribution is 2.00. The molecule has 0 rings (SSSR count). The maximum absolute atomic E-state index is 11.2. The van der Waals surface area contributed by atoms with Gasteiger partial charge in [0.05, 0.1) is 18.1 Å². The van der Waals surface area contributed by atoms with E-state index >= 15 is 0 Å². The van der Waals surface area contributed by atoms with E-state index in [1.54, 1.807) is 13.8 Å². The molecule has 0 atom stereocenters. The fourth-order valence-electron chi connectivity index (χ4n) is 0.856. The Kier molecular flexibility index (Phi) is 6.26. The summed E-state index contributed by atoms with van der Waals surface area (Å²) in [4.78, 5) is 16.0. The minimum Gasteiger partial charge on any atom is -0.569 e. The second-order valence-corrected chi connectivity index (χ2v) is 3.87. The lowest BCUT2D eigenvalue weighted by Gasteiger charge is -2.16. The predicted octanol–water partition coefficient (Wildman–Crippen LogP) is 0.375. The first kappa shape index (κ1) is 15.4. The average Bonchev–Trinajstić information content (AvgIpc) is 2.24. The van der Waals surface area contributed by atoms with Crippen molar-refractivity contribution in [2.24, 2.45) is 11.0 Å². The van der Waals surface area contributed by atoms with Gasteiger partial charge in [0.15, 0.2) is 0 Å². The standard InChI is InChI=1S/C9H20N4O4/c1-5-12(6-2)13(15)11-17-7-16-8(14)9(3,4)10/h5-7,10H2,1-4H3/b13-11-. The van der Waals surface area contributed by atoms with Crippen LogP contribution in [0.15, 0.2) is 5.28 Å². The van der Waals surface area contributed by atoms with Gasteiger partial charge in [-0.1, -0.05) is 0 Å². The van der Waals surface area contributed by atoms with Crippen molar-refractivity contribution in [3.05, 3.63) is 5.21 Å². The van der Waals surface area contributed by atoms with Crippen molar-refractivity contribution in [1.29, 1.82) is 0 Å². The molecule has 0 unspecified atom stereocenters. The van der Waals surface area contributed by atoms with Crippen LogP contribution < -0.4 is 5.73 Å². The molecular formula is C9H20N4O4. The Bertz CT molecular complexity index is 271. The zero-order valence-corrected chi connectivity index (χ0v) is 10.7. The Morgan fingerprint density at radius 3 is 2.41 bits per heavy atom. The van der Waals surface area contributed by atoms with Crippen molar-refractivity contribution in [3.8, 4) is 0 Å². The van der Waals surface area contributed by atoms with Gasteiger partial charge >= 0.3 is 5.97 Å². The zero-order valence-electron chi connectivity index (χ0n) is 10.7. The largest absolute Gasteiger partial charge is 0.569 e. The van der Waals surface area contributed by atoms with E-state index in [1.165, 1.54) is 18.9 Å². The van der Waals surface area contributed by atoms with Crippen LogP contribution in [-0.4, -0.2) is 41.4 Å². The van der Waals surface area contributed by atoms with Crippen LogP contribution in [0.1, 0.15) is 27.7 Å². The lowest BCUT2D eigenvalue weighted by molar-refractivity contribution is -0.710. The fraction of sp³-hybridized carbons (Fsp3) is 0.889. The van der Waals surface area contributed by atoms with Crippen LogP contribution in [0.5, 0.6) is 0 Å². The molecule has 0 radical (unpaired) electrons. The van der Waals surface area contributed by atoms with Crippen molar-refractivity contribution < 1.29 is 19.3 Å². The molecule has 0 aliphatic rings. The van der Waals surface area contributed by atoms with Crippen molar-refractivity contribution in [1.82, 2.24) is 5.01 Å². The van der Waals surface area contributed by atoms with E-state index in [0.717, 1.165) is 0 Å². The number of nitrogens with zero attached hydrogens (tertiary/aromatic N) is 3. The third-order valence-corrected chi connectivity index (χ3v) is 1.87. The maximum Gasteiger partial charge on any atom is 0.328 e. The van der Waals surface area contributed by atoms with Crippen LogP contribution in [0.2, 0.25) is 0 Å². The number of hydrazine groups is 1. The highest BCUT2D eigenvalue weighted by atomic mass is 16.8. The predicted molar refractivity (Wildman–Crippen MR) is 59.3 cm³/mol. The number of nitrogens with two attached hydrogens (primary N) is 1. The maximum atomic E-state index is 11.2. The zero-order chi connectivity index (χ0) is 13.5. The SMILES string of the molecule is CCN(CC)/[N+]([O-])=N/OCOC(=O)C(C)(C)N. The van der Waals surface area contributed by atoms with Crippen molar-refractivity contribution in [3.63, 3.8) is 0 Å². The summed E-state index contributed by atoms with van der Waals surface area (Å²) < 4.78 is 4.64. The number of hydrogen-bond acceptors (Lipinski definition) is 6. The number of carbonyl (C=O) groups is 1. The van der Waals surface area contributed by atoms with Gasteiger partial charge in [0.25, 0.3) is 6.79 Å². The third-order valence-electron chi connectivity index (χ3n) is 1.87. The van der Waals surface area contributed by atoms with Crippen LogP contribution in [0.25, 0.3) is 0 Å². The molecule has 0 aromatic carbocycles. The summed E-state index contributed by atoms with van der Waals surface area (Å²) in [6.07, 6.45) is 0. The Hall–Kier alpha value is -1.57. The Balaban J connectivity index is 3.99. The molecule has 0 aromatic rings. The minimum atomic E-state index is -1.10. The number of ether oxygens (including phenoxy) is 1. The topological polar surface area (TPSA) is 103 Å². The molecule has 0 saturated carbocycles. The number of carbonyl (C=O) groups excluding carboxylic acids is 1. The van der Waals surface area contributed by atoms with E-state index < -0.39 is 18.3 Å². The molecular weight excluding hydrogens is 228 g/mol. The first-order chi connectivity index (χ1) is 7.82. The average molecular weight is 248 g/mol. The highest BCUT2D eigenvalue weighted by Gasteiger charge is 2.23. The monoisotopic (exact) mass is 248 g/mol. The molecule has 0 spiro atoms. The Morgan fingerprint density at radius 2 is 2.00 bits per heavy atom. The van der Waals surface area contributed by atoms with Crippen molar-refractivity contribution in [2.75, 3.05) is 19.9 Å². The molecule has 2 N–H and O–H groups in total. The van der Waals surface area contributed by atoms with E-state index in [2.05, 4.69) is 14.9 Å². The first-order valence-electron chi connectivity index (χ1n) is 5.34. The van der Waals surface area contributed by atoms with Gasteiger partial charge in [-0.2, -0.15) is 0 Å². The van der Waals surface area contributed by atoms with E-state index in [0.29, 0.717) is 18.1 Å². The van der Waals surface area contributed by atoms with E-state index in [9.17, 15) is 10.0 Å². The molecule has 0 aliphatic carbocycles. The van der Waals surface area contributed by atoms with E-state index in [-0.39, 0.29) is 0 Å². The second kappa shape index (κ2) is 6.89. The van der Waals surface area contributed by atoms with Gasteiger partial charge in [-0.15, -0.1) is 5.01 Å². The normalized spacial score (nSPS) is 12.2. The van der Waals surface area contributed by atoms with Gasteiger partial charge < -0.3 is 20.5 Å². The van der Waals surface area contributed by atoms with E-state index in [4.69, 9.17) is 5.73 Å². The van der Waals surface area contributed by atoms with E-state index in [1.807, 2.05) is 0 Å². The van der Waals surface area contributed by atoms with Gasteiger partial charge in [-0.25, -0.2) is 4.79 Å². The lowest BCUT2D eigenvalue weighted by atomic mass is 10.1. The van der Waals surface area contributed by atoms with Gasteiger partial charge in [0.1, 0.15) is 5.54 Å². The summed E-state index contributed by atoms with van der Waals surface area (Å²) in [5, 5.41) is 15.8. The van der Waals surface area contributed by atoms with Crippen molar-refractivity contribution in [2.45, 2.75) is 33.2 Å². The summed E-state index contributed by atoms with van der Waals surface area (Å²) in [6, 6.07) is 0. The number of hydrogen-bond donors (Lipinski definition) is 1. The molecule has 8 nitrogen and oxygen atoms in total. The number of esters is 1. The molecule has 0 heterocycles. The third kappa shape index (κ3) is 5.91. The molecule has 8 heteroatoms. The molecule has 17 heavy (non-hydrogen) atoms. The van der Waals surface area contributed by atoms with Crippen LogP contribution in [0.4, 0.5) is 0 Å². The van der Waals surface area contributed by atoms with Crippen LogP contribution >= 0.6 is 0 Å². The molecule has 0 aromatic heterocycles.